The van der Waals surface area contributed by atoms with E-state index < -0.39 is 28.6 Å². The third-order valence-electron chi connectivity index (χ3n) is 4.81. The van der Waals surface area contributed by atoms with Crippen molar-refractivity contribution in [2.75, 3.05) is 31.1 Å². The number of carboxylic acid groups (broad SMARTS) is 1. The van der Waals surface area contributed by atoms with Crippen LogP contribution in [0.5, 0.6) is 0 Å². The summed E-state index contributed by atoms with van der Waals surface area (Å²) in [5.41, 5.74) is -0.754. The summed E-state index contributed by atoms with van der Waals surface area (Å²) in [4.78, 5) is 32.1. The number of aromatic carboxylic acids is 1. The van der Waals surface area contributed by atoms with Gasteiger partial charge in [0.25, 0.3) is 0 Å². The maximum atomic E-state index is 15.2. The maximum Gasteiger partial charge on any atom is 0.341 e. The minimum Gasteiger partial charge on any atom is -0.477 e. The Morgan fingerprint density at radius 1 is 1.21 bits per heavy atom. The number of nitrogens with one attached hydrogen (secondary N) is 2. The number of aromatic amines is 1. The molecule has 1 saturated heterocycles. The molecule has 7 nitrogen and oxygen atoms in total. The van der Waals surface area contributed by atoms with Crippen LogP contribution in [0.2, 0.25) is 0 Å². The van der Waals surface area contributed by atoms with Crippen LogP contribution >= 0.6 is 0 Å². The van der Waals surface area contributed by atoms with Crippen LogP contribution in [0.1, 0.15) is 10.4 Å². The molecule has 0 bridgehead atoms. The summed E-state index contributed by atoms with van der Waals surface area (Å²) in [5, 5.41) is 12.2. The number of hydrogen-bond acceptors (Lipinski definition) is 5. The molecule has 0 radical (unpaired) electrons. The number of halogens is 2. The molecular formula is C19H16F2N4O3. The van der Waals surface area contributed by atoms with Gasteiger partial charge in [-0.05, 0) is 12.1 Å². The number of benzene rings is 1. The van der Waals surface area contributed by atoms with Crippen molar-refractivity contribution in [3.05, 3.63) is 58.1 Å². The topological polar surface area (TPSA) is 98.3 Å². The van der Waals surface area contributed by atoms with Crippen LogP contribution in [0.3, 0.4) is 0 Å². The van der Waals surface area contributed by atoms with Crippen LogP contribution in [0.15, 0.2) is 35.5 Å². The number of hydrogen-bond donors (Lipinski definition) is 3. The fraction of sp³-hybridized carbons (Fsp3) is 0.211. The molecule has 0 aliphatic carbocycles. The fourth-order valence-corrected chi connectivity index (χ4v) is 3.52. The highest BCUT2D eigenvalue weighted by Crippen LogP contribution is 2.39. The number of nitrogens with zero attached hydrogens (tertiary/aromatic N) is 2. The molecule has 1 aliphatic rings. The zero-order valence-corrected chi connectivity index (χ0v) is 14.6. The molecule has 1 aliphatic heterocycles. The molecule has 1 fully saturated rings. The third-order valence-corrected chi connectivity index (χ3v) is 4.81. The molecule has 3 aromatic rings. The lowest BCUT2D eigenvalue weighted by molar-refractivity contribution is 0.0695. The summed E-state index contributed by atoms with van der Waals surface area (Å²) >= 11 is 0. The zero-order valence-electron chi connectivity index (χ0n) is 14.6. The molecule has 4 rings (SSSR count). The predicted molar refractivity (Wildman–Crippen MR) is 99.8 cm³/mol. The Balaban J connectivity index is 2.11. The molecule has 0 atom stereocenters. The Kier molecular flexibility index (Phi) is 4.52. The summed E-state index contributed by atoms with van der Waals surface area (Å²) < 4.78 is 29.8. The number of carbonyl (C=O) groups is 1. The van der Waals surface area contributed by atoms with Gasteiger partial charge in [-0.3, -0.25) is 9.78 Å². The van der Waals surface area contributed by atoms with Crippen LogP contribution in [0.25, 0.3) is 22.0 Å². The second-order valence-corrected chi connectivity index (χ2v) is 6.43. The zero-order chi connectivity index (χ0) is 19.8. The van der Waals surface area contributed by atoms with Crippen molar-refractivity contribution in [2.24, 2.45) is 0 Å². The van der Waals surface area contributed by atoms with E-state index in [1.807, 2.05) is 0 Å². The van der Waals surface area contributed by atoms with Gasteiger partial charge in [0.05, 0.1) is 22.8 Å². The van der Waals surface area contributed by atoms with E-state index in [4.69, 9.17) is 0 Å². The minimum absolute atomic E-state index is 0.0757. The second kappa shape index (κ2) is 7.01. The van der Waals surface area contributed by atoms with Gasteiger partial charge in [0.1, 0.15) is 17.2 Å². The highest BCUT2D eigenvalue weighted by Gasteiger charge is 2.26. The Hall–Kier alpha value is -3.33. The molecule has 0 saturated carbocycles. The monoisotopic (exact) mass is 386 g/mol. The first kappa shape index (κ1) is 18.1. The van der Waals surface area contributed by atoms with Gasteiger partial charge in [0, 0.05) is 49.7 Å². The average Bonchev–Trinajstić information content (AvgIpc) is 2.69. The number of anilines is 1. The van der Waals surface area contributed by atoms with Gasteiger partial charge in [-0.2, -0.15) is 0 Å². The Labute approximate surface area is 157 Å². The lowest BCUT2D eigenvalue weighted by Gasteiger charge is -2.32. The largest absolute Gasteiger partial charge is 0.477 e. The van der Waals surface area contributed by atoms with E-state index in [1.165, 1.54) is 12.3 Å². The molecule has 0 amide bonds. The SMILES string of the molecule is O=C(O)c1c[nH]c2c(-c3ccncc3F)c(N3CCNCC3)c(F)cc2c1=O. The first-order valence-corrected chi connectivity index (χ1v) is 8.65. The number of piperazine rings is 1. The van der Waals surface area contributed by atoms with E-state index in [2.05, 4.69) is 15.3 Å². The molecule has 9 heteroatoms. The van der Waals surface area contributed by atoms with E-state index in [1.54, 1.807) is 4.90 Å². The van der Waals surface area contributed by atoms with Crippen molar-refractivity contribution in [1.82, 2.24) is 15.3 Å². The van der Waals surface area contributed by atoms with E-state index in [0.717, 1.165) is 18.5 Å². The molecule has 0 spiro atoms. The minimum atomic E-state index is -1.42. The van der Waals surface area contributed by atoms with Crippen LogP contribution in [-0.4, -0.2) is 47.2 Å². The van der Waals surface area contributed by atoms with E-state index in [9.17, 15) is 19.1 Å². The van der Waals surface area contributed by atoms with E-state index >= 15 is 4.39 Å². The Morgan fingerprint density at radius 3 is 2.64 bits per heavy atom. The van der Waals surface area contributed by atoms with Gasteiger partial charge in [0.2, 0.25) is 5.43 Å². The first-order valence-electron chi connectivity index (χ1n) is 8.65. The first-order chi connectivity index (χ1) is 13.5. The Morgan fingerprint density at radius 2 is 1.96 bits per heavy atom. The maximum absolute atomic E-state index is 15.2. The summed E-state index contributed by atoms with van der Waals surface area (Å²) in [6, 6.07) is 2.42. The summed E-state index contributed by atoms with van der Waals surface area (Å²) in [6.07, 6.45) is 3.44. The summed E-state index contributed by atoms with van der Waals surface area (Å²) in [7, 11) is 0. The van der Waals surface area contributed by atoms with Crippen LogP contribution in [0.4, 0.5) is 14.5 Å². The number of H-pyrrole nitrogens is 1. The molecule has 144 valence electrons. The fourth-order valence-electron chi connectivity index (χ4n) is 3.52. The lowest BCUT2D eigenvalue weighted by Crippen LogP contribution is -2.44. The summed E-state index contributed by atoms with van der Waals surface area (Å²) in [6.45, 7) is 2.26. The van der Waals surface area contributed by atoms with Crippen molar-refractivity contribution in [1.29, 1.82) is 0 Å². The molecule has 0 unspecified atom stereocenters. The van der Waals surface area contributed by atoms with Crippen molar-refractivity contribution in [3.63, 3.8) is 0 Å². The normalized spacial score (nSPS) is 14.4. The average molecular weight is 386 g/mol. The molecular weight excluding hydrogens is 370 g/mol. The quantitative estimate of drug-likeness (QED) is 0.637. The van der Waals surface area contributed by atoms with Gasteiger partial charge < -0.3 is 20.3 Å². The van der Waals surface area contributed by atoms with E-state index in [-0.39, 0.29) is 27.7 Å². The van der Waals surface area contributed by atoms with E-state index in [0.29, 0.717) is 26.2 Å². The standard InChI is InChI=1S/C19H16F2N4O3/c20-13-7-11-16(24-8-12(18(11)26)19(27)28)15(10-1-2-23-9-14(10)21)17(13)25-5-3-22-4-6-25/h1-2,7-9,22H,3-6H2,(H,24,26)(H,27,28). The smallest absolute Gasteiger partial charge is 0.341 e. The molecule has 3 N–H and O–H groups in total. The van der Waals surface area contributed by atoms with Crippen molar-refractivity contribution in [2.45, 2.75) is 0 Å². The van der Waals surface area contributed by atoms with Crippen LogP contribution < -0.4 is 15.6 Å². The Bertz CT molecular complexity index is 1140. The van der Waals surface area contributed by atoms with Crippen molar-refractivity contribution < 1.29 is 18.7 Å². The predicted octanol–water partition coefficient (Wildman–Crippen LogP) is 1.98. The number of pyridine rings is 2. The molecule has 28 heavy (non-hydrogen) atoms. The highest BCUT2D eigenvalue weighted by atomic mass is 19.1. The summed E-state index contributed by atoms with van der Waals surface area (Å²) in [5.74, 6) is -2.81. The molecule has 2 aromatic heterocycles. The van der Waals surface area contributed by atoms with Crippen molar-refractivity contribution in [3.8, 4) is 11.1 Å². The van der Waals surface area contributed by atoms with Gasteiger partial charge >= 0.3 is 5.97 Å². The van der Waals surface area contributed by atoms with Crippen LogP contribution in [0, 0.1) is 11.6 Å². The second-order valence-electron chi connectivity index (χ2n) is 6.43. The number of carboxylic acids is 1. The highest BCUT2D eigenvalue weighted by molar-refractivity contribution is 6.03. The van der Waals surface area contributed by atoms with Gasteiger partial charge in [-0.1, -0.05) is 0 Å². The van der Waals surface area contributed by atoms with Gasteiger partial charge in [-0.15, -0.1) is 0 Å². The lowest BCUT2D eigenvalue weighted by atomic mass is 9.97. The number of rotatable bonds is 3. The van der Waals surface area contributed by atoms with Crippen molar-refractivity contribution >= 4 is 22.6 Å². The van der Waals surface area contributed by atoms with Gasteiger partial charge in [0.15, 0.2) is 0 Å². The molecule has 1 aromatic carbocycles. The number of fused-ring (bicyclic) bond motifs is 1. The molecule has 3 heterocycles. The van der Waals surface area contributed by atoms with Gasteiger partial charge in [-0.25, -0.2) is 13.6 Å². The third kappa shape index (κ3) is 2.89. The number of aromatic nitrogens is 2. The van der Waals surface area contributed by atoms with Crippen LogP contribution in [-0.2, 0) is 0 Å².